The summed E-state index contributed by atoms with van der Waals surface area (Å²) in [5.41, 5.74) is 7.25. The molecular weight excluding hydrogens is 226 g/mol. The number of aromatic nitrogens is 1. The van der Waals surface area contributed by atoms with Gasteiger partial charge in [0.1, 0.15) is 0 Å². The number of likely N-dealkylation sites (N-methyl/N-ethyl adjacent to an activating group) is 1. The third-order valence-corrected chi connectivity index (χ3v) is 2.76. The monoisotopic (exact) mass is 243 g/mol. The van der Waals surface area contributed by atoms with E-state index in [0.29, 0.717) is 12.1 Å². The van der Waals surface area contributed by atoms with Crippen molar-refractivity contribution in [1.82, 2.24) is 9.88 Å². The average molecular weight is 243 g/mol. The van der Waals surface area contributed by atoms with Crippen molar-refractivity contribution in [1.29, 1.82) is 0 Å². The second-order valence-electron chi connectivity index (χ2n) is 4.57. The Morgan fingerprint density at radius 3 is 2.94 bits per heavy atom. The number of amides is 1. The minimum absolute atomic E-state index is 0.0157. The molecule has 0 aliphatic rings. The molecule has 2 N–H and O–H groups in total. The lowest BCUT2D eigenvalue weighted by Gasteiger charge is -2.19. The molecule has 1 atom stereocenters. The van der Waals surface area contributed by atoms with Gasteiger partial charge in [-0.15, -0.1) is 0 Å². The average Bonchev–Trinajstić information content (AvgIpc) is 2.36. The van der Waals surface area contributed by atoms with Gasteiger partial charge in [0.25, 0.3) is 5.91 Å². The molecule has 0 spiro atoms. The maximum Gasteiger partial charge on any atom is 0.253 e. The van der Waals surface area contributed by atoms with Crippen molar-refractivity contribution in [2.45, 2.75) is 13.0 Å². The molecule has 1 amide bonds. The van der Waals surface area contributed by atoms with E-state index in [4.69, 9.17) is 5.73 Å². The number of nitrogens with zero attached hydrogens (tertiary/aromatic N) is 2. The topological polar surface area (TPSA) is 59.2 Å². The lowest BCUT2D eigenvalue weighted by atomic mass is 10.1. The minimum Gasteiger partial charge on any atom is -0.340 e. The summed E-state index contributed by atoms with van der Waals surface area (Å²) in [6.45, 7) is 2.43. The summed E-state index contributed by atoms with van der Waals surface area (Å²) in [5.74, 6) is -0.0157. The number of nitrogens with two attached hydrogens (primary N) is 1. The molecule has 2 rings (SSSR count). The molecule has 1 heterocycles. The van der Waals surface area contributed by atoms with Crippen molar-refractivity contribution in [3.05, 3.63) is 42.1 Å². The standard InChI is InChI=1S/C14H17N3O/c1-10(15)9-17(2)14(18)12-5-6-13-11(8-12)4-3-7-16-13/h3-8,10H,9,15H2,1-2H3. The Balaban J connectivity index is 2.28. The van der Waals surface area contributed by atoms with Gasteiger partial charge >= 0.3 is 0 Å². The first-order chi connectivity index (χ1) is 8.58. The fraction of sp³-hybridized carbons (Fsp3) is 0.286. The summed E-state index contributed by atoms with van der Waals surface area (Å²) in [6, 6.07) is 9.31. The molecule has 0 saturated heterocycles. The Bertz CT molecular complexity index is 566. The molecule has 1 unspecified atom stereocenters. The first kappa shape index (κ1) is 12.5. The Hall–Kier alpha value is -1.94. The van der Waals surface area contributed by atoms with Crippen molar-refractivity contribution in [3.63, 3.8) is 0 Å². The van der Waals surface area contributed by atoms with E-state index in [9.17, 15) is 4.79 Å². The molecule has 94 valence electrons. The van der Waals surface area contributed by atoms with E-state index in [1.807, 2.05) is 31.2 Å². The van der Waals surface area contributed by atoms with E-state index in [0.717, 1.165) is 10.9 Å². The molecule has 2 aromatic rings. The van der Waals surface area contributed by atoms with E-state index in [1.165, 1.54) is 0 Å². The molecule has 0 saturated carbocycles. The van der Waals surface area contributed by atoms with Gasteiger partial charge in [-0.1, -0.05) is 6.07 Å². The first-order valence-corrected chi connectivity index (χ1v) is 5.94. The van der Waals surface area contributed by atoms with Crippen LogP contribution >= 0.6 is 0 Å². The van der Waals surface area contributed by atoms with Gasteiger partial charge in [0, 0.05) is 36.8 Å². The van der Waals surface area contributed by atoms with Crippen molar-refractivity contribution in [2.24, 2.45) is 5.73 Å². The lowest BCUT2D eigenvalue weighted by molar-refractivity contribution is 0.0789. The second kappa shape index (κ2) is 5.14. The Labute approximate surface area is 106 Å². The van der Waals surface area contributed by atoms with E-state index >= 15 is 0 Å². The van der Waals surface area contributed by atoms with Gasteiger partial charge in [0.05, 0.1) is 5.52 Å². The predicted octanol–water partition coefficient (Wildman–Crippen LogP) is 1.65. The Morgan fingerprint density at radius 1 is 1.44 bits per heavy atom. The number of hydrogen-bond donors (Lipinski definition) is 1. The molecular formula is C14H17N3O. The molecule has 1 aromatic carbocycles. The van der Waals surface area contributed by atoms with Gasteiger partial charge in [-0.05, 0) is 31.2 Å². The molecule has 4 nitrogen and oxygen atoms in total. The third-order valence-electron chi connectivity index (χ3n) is 2.76. The second-order valence-corrected chi connectivity index (χ2v) is 4.57. The fourth-order valence-electron chi connectivity index (χ4n) is 1.94. The summed E-state index contributed by atoms with van der Waals surface area (Å²) in [6.07, 6.45) is 1.74. The summed E-state index contributed by atoms with van der Waals surface area (Å²) < 4.78 is 0. The summed E-state index contributed by atoms with van der Waals surface area (Å²) >= 11 is 0. The summed E-state index contributed by atoms with van der Waals surface area (Å²) in [7, 11) is 1.76. The van der Waals surface area contributed by atoms with Gasteiger partial charge in [-0.25, -0.2) is 0 Å². The highest BCUT2D eigenvalue weighted by atomic mass is 16.2. The zero-order valence-corrected chi connectivity index (χ0v) is 10.6. The van der Waals surface area contributed by atoms with Gasteiger partial charge in [0.15, 0.2) is 0 Å². The van der Waals surface area contributed by atoms with E-state index in [2.05, 4.69) is 4.98 Å². The number of carbonyl (C=O) groups excluding carboxylic acids is 1. The van der Waals surface area contributed by atoms with Crippen LogP contribution in [-0.4, -0.2) is 35.4 Å². The van der Waals surface area contributed by atoms with Crippen LogP contribution in [0.5, 0.6) is 0 Å². The highest BCUT2D eigenvalue weighted by Crippen LogP contribution is 2.14. The zero-order chi connectivity index (χ0) is 13.1. The van der Waals surface area contributed by atoms with Crippen LogP contribution in [0.1, 0.15) is 17.3 Å². The van der Waals surface area contributed by atoms with Gasteiger partial charge < -0.3 is 10.6 Å². The van der Waals surface area contributed by atoms with Crippen LogP contribution in [0.25, 0.3) is 10.9 Å². The molecule has 0 fully saturated rings. The SMILES string of the molecule is CC(N)CN(C)C(=O)c1ccc2ncccc2c1. The highest BCUT2D eigenvalue weighted by Gasteiger charge is 2.13. The third kappa shape index (κ3) is 2.65. The van der Waals surface area contributed by atoms with Gasteiger partial charge in [-0.2, -0.15) is 0 Å². The maximum absolute atomic E-state index is 12.2. The van der Waals surface area contributed by atoms with E-state index in [1.54, 1.807) is 24.2 Å². The minimum atomic E-state index is -0.0268. The molecule has 0 aliphatic carbocycles. The number of pyridine rings is 1. The normalized spacial score (nSPS) is 12.4. The Morgan fingerprint density at radius 2 is 2.22 bits per heavy atom. The number of rotatable bonds is 3. The molecule has 0 radical (unpaired) electrons. The maximum atomic E-state index is 12.2. The van der Waals surface area contributed by atoms with Crippen molar-refractivity contribution in [2.75, 3.05) is 13.6 Å². The van der Waals surface area contributed by atoms with Gasteiger partial charge in [0.2, 0.25) is 0 Å². The van der Waals surface area contributed by atoms with Crippen LogP contribution in [0, 0.1) is 0 Å². The Kier molecular flexibility index (Phi) is 3.58. The predicted molar refractivity (Wildman–Crippen MR) is 72.4 cm³/mol. The van der Waals surface area contributed by atoms with Crippen molar-refractivity contribution < 1.29 is 4.79 Å². The zero-order valence-electron chi connectivity index (χ0n) is 10.6. The number of benzene rings is 1. The molecule has 1 aromatic heterocycles. The molecule has 0 bridgehead atoms. The van der Waals surface area contributed by atoms with Crippen LogP contribution in [-0.2, 0) is 0 Å². The van der Waals surface area contributed by atoms with Crippen LogP contribution in [0.3, 0.4) is 0 Å². The highest BCUT2D eigenvalue weighted by molar-refractivity contribution is 5.97. The summed E-state index contributed by atoms with van der Waals surface area (Å²) in [5, 5.41) is 0.970. The van der Waals surface area contributed by atoms with E-state index < -0.39 is 0 Å². The molecule has 18 heavy (non-hydrogen) atoms. The largest absolute Gasteiger partial charge is 0.340 e. The summed E-state index contributed by atoms with van der Waals surface area (Å²) in [4.78, 5) is 18.0. The van der Waals surface area contributed by atoms with Gasteiger partial charge in [-0.3, -0.25) is 9.78 Å². The number of fused-ring (bicyclic) bond motifs is 1. The van der Waals surface area contributed by atoms with Crippen LogP contribution in [0.2, 0.25) is 0 Å². The lowest BCUT2D eigenvalue weighted by Crippen LogP contribution is -2.36. The quantitative estimate of drug-likeness (QED) is 0.891. The number of hydrogen-bond acceptors (Lipinski definition) is 3. The fourth-order valence-corrected chi connectivity index (χ4v) is 1.94. The molecule has 0 aliphatic heterocycles. The number of carbonyl (C=O) groups is 1. The molecule has 4 heteroatoms. The van der Waals surface area contributed by atoms with E-state index in [-0.39, 0.29) is 11.9 Å². The van der Waals surface area contributed by atoms with Crippen LogP contribution in [0.15, 0.2) is 36.5 Å². The van der Waals surface area contributed by atoms with Crippen molar-refractivity contribution in [3.8, 4) is 0 Å². The first-order valence-electron chi connectivity index (χ1n) is 5.94. The smallest absolute Gasteiger partial charge is 0.253 e. The van der Waals surface area contributed by atoms with Crippen molar-refractivity contribution >= 4 is 16.8 Å². The van der Waals surface area contributed by atoms with Crippen LogP contribution in [0.4, 0.5) is 0 Å². The van der Waals surface area contributed by atoms with Crippen LogP contribution < -0.4 is 5.73 Å².